The van der Waals surface area contributed by atoms with Gasteiger partial charge in [0.2, 0.25) is 0 Å². The van der Waals surface area contributed by atoms with E-state index in [0.29, 0.717) is 10.6 Å². The van der Waals surface area contributed by atoms with Crippen molar-refractivity contribution >= 4 is 28.1 Å². The van der Waals surface area contributed by atoms with Crippen LogP contribution in [0.15, 0.2) is 41.8 Å². The second kappa shape index (κ2) is 7.68. The van der Waals surface area contributed by atoms with Crippen LogP contribution in [-0.4, -0.2) is 33.8 Å². The Labute approximate surface area is 135 Å². The average Bonchev–Trinajstić information content (AvgIpc) is 3.05. The molecule has 1 heterocycles. The van der Waals surface area contributed by atoms with Crippen LogP contribution in [0.4, 0.5) is 15.5 Å². The molecule has 2 rings (SSSR count). The van der Waals surface area contributed by atoms with Crippen LogP contribution >= 0.6 is 11.3 Å². The minimum absolute atomic E-state index is 0.107. The van der Waals surface area contributed by atoms with Gasteiger partial charge in [-0.05, 0) is 35.2 Å². The lowest BCUT2D eigenvalue weighted by molar-refractivity contribution is -0.384. The van der Waals surface area contributed by atoms with Crippen LogP contribution in [0.1, 0.15) is 11.7 Å². The highest BCUT2D eigenvalue weighted by atomic mass is 32.1. The van der Waals surface area contributed by atoms with Crippen molar-refractivity contribution in [3.63, 3.8) is 0 Å². The predicted octanol–water partition coefficient (Wildman–Crippen LogP) is 1.87. The molecule has 0 aliphatic rings. The summed E-state index contributed by atoms with van der Waals surface area (Å²) in [6.07, 6.45) is -1.20. The molecule has 1 aromatic carbocycles. The molecule has 0 saturated heterocycles. The standard InChI is InChI=1S/C14H15N3O5S/c18-8-11(15-14(20)16-12-2-1-7-23-12)13(19)9-3-5-10(6-4-9)17(21)22/h1-7,11,13,18-19H,8H2,(H2,15,16,20)/t11-,13-/m0/s1. The maximum Gasteiger partial charge on any atom is 0.320 e. The Morgan fingerprint density at radius 3 is 2.52 bits per heavy atom. The van der Waals surface area contributed by atoms with Gasteiger partial charge in [0.1, 0.15) is 6.10 Å². The zero-order chi connectivity index (χ0) is 16.8. The van der Waals surface area contributed by atoms with Gasteiger partial charge in [0.05, 0.1) is 22.6 Å². The SMILES string of the molecule is O=C(Nc1cccs1)N[C@@H](CO)[C@@H](O)c1ccc([N+](=O)[O-])cc1. The van der Waals surface area contributed by atoms with Crippen molar-refractivity contribution in [3.05, 3.63) is 57.5 Å². The second-order valence-corrected chi connectivity index (χ2v) is 5.61. The number of nitrogens with one attached hydrogen (secondary N) is 2. The molecule has 0 bridgehead atoms. The first kappa shape index (κ1) is 16.9. The molecule has 4 N–H and O–H groups in total. The molecule has 1 aromatic heterocycles. The fourth-order valence-electron chi connectivity index (χ4n) is 1.92. The number of nitro benzene ring substituents is 1. The minimum atomic E-state index is -1.20. The van der Waals surface area contributed by atoms with E-state index in [4.69, 9.17) is 0 Å². The summed E-state index contributed by atoms with van der Waals surface area (Å²) < 4.78 is 0. The monoisotopic (exact) mass is 337 g/mol. The number of nitro groups is 1. The number of thiophene rings is 1. The molecular formula is C14H15N3O5S. The lowest BCUT2D eigenvalue weighted by Gasteiger charge is -2.22. The van der Waals surface area contributed by atoms with Crippen molar-refractivity contribution in [2.45, 2.75) is 12.1 Å². The van der Waals surface area contributed by atoms with E-state index in [1.54, 1.807) is 17.5 Å². The van der Waals surface area contributed by atoms with Crippen LogP contribution in [0.3, 0.4) is 0 Å². The molecule has 0 radical (unpaired) electrons. The van der Waals surface area contributed by atoms with E-state index in [0.717, 1.165) is 0 Å². The maximum atomic E-state index is 11.8. The van der Waals surface area contributed by atoms with Crippen LogP contribution in [0.2, 0.25) is 0 Å². The van der Waals surface area contributed by atoms with Crippen molar-refractivity contribution in [1.29, 1.82) is 0 Å². The van der Waals surface area contributed by atoms with Crippen molar-refractivity contribution in [2.75, 3.05) is 11.9 Å². The highest BCUT2D eigenvalue weighted by Gasteiger charge is 2.23. The second-order valence-electron chi connectivity index (χ2n) is 4.66. The molecule has 0 saturated carbocycles. The number of urea groups is 1. The average molecular weight is 337 g/mol. The number of rotatable bonds is 6. The molecule has 0 aliphatic carbocycles. The van der Waals surface area contributed by atoms with E-state index in [-0.39, 0.29) is 5.69 Å². The van der Waals surface area contributed by atoms with Crippen LogP contribution in [0.25, 0.3) is 0 Å². The predicted molar refractivity (Wildman–Crippen MR) is 85.4 cm³/mol. The highest BCUT2D eigenvalue weighted by Crippen LogP contribution is 2.21. The zero-order valence-corrected chi connectivity index (χ0v) is 12.7. The number of amides is 2. The molecule has 23 heavy (non-hydrogen) atoms. The van der Waals surface area contributed by atoms with Gasteiger partial charge >= 0.3 is 6.03 Å². The van der Waals surface area contributed by atoms with E-state index >= 15 is 0 Å². The number of carbonyl (C=O) groups is 1. The van der Waals surface area contributed by atoms with E-state index in [1.165, 1.54) is 35.6 Å². The minimum Gasteiger partial charge on any atom is -0.394 e. The van der Waals surface area contributed by atoms with Crippen LogP contribution in [0.5, 0.6) is 0 Å². The maximum absolute atomic E-state index is 11.8. The van der Waals surface area contributed by atoms with Crippen LogP contribution in [-0.2, 0) is 0 Å². The number of aliphatic hydroxyl groups excluding tert-OH is 2. The van der Waals surface area contributed by atoms with Gasteiger partial charge in [0.25, 0.3) is 5.69 Å². The fourth-order valence-corrected chi connectivity index (χ4v) is 2.53. The van der Waals surface area contributed by atoms with Crippen molar-refractivity contribution in [2.24, 2.45) is 0 Å². The number of benzene rings is 1. The number of hydrogen-bond acceptors (Lipinski definition) is 6. The largest absolute Gasteiger partial charge is 0.394 e. The molecule has 9 heteroatoms. The summed E-state index contributed by atoms with van der Waals surface area (Å²) in [5.74, 6) is 0. The summed E-state index contributed by atoms with van der Waals surface area (Å²) in [6.45, 7) is -0.490. The van der Waals surface area contributed by atoms with E-state index in [9.17, 15) is 25.1 Å². The van der Waals surface area contributed by atoms with Crippen molar-refractivity contribution in [3.8, 4) is 0 Å². The first-order valence-electron chi connectivity index (χ1n) is 6.65. The quantitative estimate of drug-likeness (QED) is 0.473. The Balaban J connectivity index is 2.01. The number of hydrogen-bond donors (Lipinski definition) is 4. The van der Waals surface area contributed by atoms with Gasteiger partial charge in [-0.3, -0.25) is 15.4 Å². The van der Waals surface area contributed by atoms with E-state index in [1.807, 2.05) is 0 Å². The Bertz CT molecular complexity index is 660. The Morgan fingerprint density at radius 1 is 1.30 bits per heavy atom. The molecule has 0 unspecified atom stereocenters. The third-order valence-electron chi connectivity index (χ3n) is 3.10. The Kier molecular flexibility index (Phi) is 5.63. The summed E-state index contributed by atoms with van der Waals surface area (Å²) in [4.78, 5) is 21.9. The van der Waals surface area contributed by atoms with Crippen LogP contribution in [0, 0.1) is 10.1 Å². The number of anilines is 1. The zero-order valence-electron chi connectivity index (χ0n) is 11.9. The van der Waals surface area contributed by atoms with Crippen LogP contribution < -0.4 is 10.6 Å². The molecule has 0 aliphatic heterocycles. The lowest BCUT2D eigenvalue weighted by Crippen LogP contribution is -2.43. The summed E-state index contributed by atoms with van der Waals surface area (Å²) in [7, 11) is 0. The van der Waals surface area contributed by atoms with Gasteiger partial charge in [0.15, 0.2) is 0 Å². The third-order valence-corrected chi connectivity index (χ3v) is 3.88. The number of non-ortho nitro benzene ring substituents is 1. The van der Waals surface area contributed by atoms with Gasteiger partial charge < -0.3 is 15.5 Å². The first-order chi connectivity index (χ1) is 11.0. The molecular weight excluding hydrogens is 322 g/mol. The number of nitrogens with zero attached hydrogens (tertiary/aromatic N) is 1. The molecule has 2 amide bonds. The number of carbonyl (C=O) groups excluding carboxylic acids is 1. The molecule has 8 nitrogen and oxygen atoms in total. The summed E-state index contributed by atoms with van der Waals surface area (Å²) in [5.41, 5.74) is 0.246. The Morgan fingerprint density at radius 2 is 2.00 bits per heavy atom. The van der Waals surface area contributed by atoms with Crippen molar-refractivity contribution < 1.29 is 19.9 Å². The van der Waals surface area contributed by atoms with Gasteiger partial charge in [-0.2, -0.15) is 0 Å². The lowest BCUT2D eigenvalue weighted by atomic mass is 10.0. The van der Waals surface area contributed by atoms with Gasteiger partial charge in [-0.1, -0.05) is 0 Å². The highest BCUT2D eigenvalue weighted by molar-refractivity contribution is 7.14. The van der Waals surface area contributed by atoms with Gasteiger partial charge in [-0.25, -0.2) is 4.79 Å². The molecule has 2 aromatic rings. The normalized spacial score (nSPS) is 13.1. The summed E-state index contributed by atoms with van der Waals surface area (Å²) in [6, 6.07) is 7.23. The van der Waals surface area contributed by atoms with Gasteiger partial charge in [-0.15, -0.1) is 11.3 Å². The summed E-state index contributed by atoms with van der Waals surface area (Å²) >= 11 is 1.33. The third kappa shape index (κ3) is 4.49. The fraction of sp³-hybridized carbons (Fsp3) is 0.214. The molecule has 0 spiro atoms. The topological polar surface area (TPSA) is 125 Å². The van der Waals surface area contributed by atoms with Gasteiger partial charge in [0, 0.05) is 12.1 Å². The molecule has 122 valence electrons. The molecule has 2 atom stereocenters. The summed E-state index contributed by atoms with van der Waals surface area (Å²) in [5, 5.41) is 37.7. The smallest absolute Gasteiger partial charge is 0.320 e. The van der Waals surface area contributed by atoms with Crippen molar-refractivity contribution in [1.82, 2.24) is 5.32 Å². The van der Waals surface area contributed by atoms with E-state index in [2.05, 4.69) is 10.6 Å². The molecule has 0 fully saturated rings. The Hall–Kier alpha value is -2.49. The van der Waals surface area contributed by atoms with E-state index < -0.39 is 29.7 Å². The number of aliphatic hydroxyl groups is 2. The first-order valence-corrected chi connectivity index (χ1v) is 7.53.